The second-order valence-electron chi connectivity index (χ2n) is 15.1. The number of hydrogen-bond acceptors (Lipinski definition) is 8. The molecule has 0 bridgehead atoms. The van der Waals surface area contributed by atoms with Crippen molar-refractivity contribution in [2.75, 3.05) is 0 Å². The Kier molecular flexibility index (Phi) is 7.24. The highest BCUT2D eigenvalue weighted by atomic mass is 16.4. The first-order valence-corrected chi connectivity index (χ1v) is 14.7. The molecule has 0 amide bonds. The van der Waals surface area contributed by atoms with Crippen LogP contribution >= 0.6 is 0 Å². The zero-order valence-corrected chi connectivity index (χ0v) is 26.4. The third-order valence-corrected chi connectivity index (χ3v) is 11.5. The molecular weight excluding hydrogens is 536 g/mol. The van der Waals surface area contributed by atoms with Crippen molar-refractivity contribution in [3.63, 3.8) is 0 Å². The fraction of sp³-hybridized carbons (Fsp3) is 0.618. The van der Waals surface area contributed by atoms with Gasteiger partial charge in [-0.25, -0.2) is 0 Å². The number of aliphatic hydroxyl groups excluding tert-OH is 3. The van der Waals surface area contributed by atoms with Crippen LogP contribution in [0.4, 0.5) is 0 Å². The quantitative estimate of drug-likeness (QED) is 0.277. The minimum atomic E-state index is -2.89. The van der Waals surface area contributed by atoms with E-state index in [9.17, 15) is 39.9 Å². The van der Waals surface area contributed by atoms with Gasteiger partial charge in [-0.05, 0) is 54.1 Å². The monoisotopic (exact) mass is 582 g/mol. The van der Waals surface area contributed by atoms with Crippen molar-refractivity contribution >= 4 is 17.3 Å². The van der Waals surface area contributed by atoms with Crippen molar-refractivity contribution in [1.82, 2.24) is 0 Å². The Bertz CT molecular complexity index is 1440. The van der Waals surface area contributed by atoms with Crippen molar-refractivity contribution in [3.8, 4) is 5.75 Å². The highest BCUT2D eigenvalue weighted by Crippen LogP contribution is 2.68. The molecule has 1 aromatic carbocycles. The molecule has 0 fully saturated rings. The Labute approximate surface area is 248 Å². The lowest BCUT2D eigenvalue weighted by Crippen LogP contribution is -2.73. The van der Waals surface area contributed by atoms with E-state index in [-0.39, 0.29) is 27.7 Å². The van der Waals surface area contributed by atoms with Gasteiger partial charge < -0.3 is 25.5 Å². The molecule has 3 aliphatic carbocycles. The Morgan fingerprint density at radius 1 is 1.02 bits per heavy atom. The Morgan fingerprint density at radius 3 is 2.10 bits per heavy atom. The van der Waals surface area contributed by atoms with E-state index in [1.807, 2.05) is 0 Å². The predicted molar refractivity (Wildman–Crippen MR) is 158 cm³/mol. The summed E-state index contributed by atoms with van der Waals surface area (Å²) in [6.07, 6.45) is -0.558. The summed E-state index contributed by atoms with van der Waals surface area (Å²) in [5.41, 5.74) is -7.24. The first kappa shape index (κ1) is 32.0. The molecule has 42 heavy (non-hydrogen) atoms. The zero-order chi connectivity index (χ0) is 32.1. The summed E-state index contributed by atoms with van der Waals surface area (Å²) >= 11 is 0. The molecule has 0 aliphatic heterocycles. The number of phenols is 1. The Morgan fingerprint density at radius 2 is 1.60 bits per heavy atom. The van der Waals surface area contributed by atoms with Crippen LogP contribution in [0.5, 0.6) is 5.75 Å². The number of carbonyl (C=O) groups is 3. The van der Waals surface area contributed by atoms with Gasteiger partial charge in [0.1, 0.15) is 22.8 Å². The van der Waals surface area contributed by atoms with Crippen molar-refractivity contribution in [3.05, 3.63) is 52.0 Å². The van der Waals surface area contributed by atoms with Gasteiger partial charge in [0, 0.05) is 16.7 Å². The lowest BCUT2D eigenvalue weighted by atomic mass is 9.41. The molecular formula is C34H46O8. The number of rotatable bonds is 5. The number of allylic oxidation sites excluding steroid dienone is 1. The van der Waals surface area contributed by atoms with Crippen LogP contribution < -0.4 is 0 Å². The van der Waals surface area contributed by atoms with Gasteiger partial charge in [-0.1, -0.05) is 74.4 Å². The number of fused-ring (bicyclic) bond motifs is 3. The molecule has 0 saturated carbocycles. The molecule has 5 N–H and O–H groups in total. The Balaban J connectivity index is 2.12. The number of ketones is 3. The fourth-order valence-electron chi connectivity index (χ4n) is 8.08. The van der Waals surface area contributed by atoms with E-state index in [2.05, 4.69) is 34.6 Å². The predicted octanol–water partition coefficient (Wildman–Crippen LogP) is 5.71. The van der Waals surface area contributed by atoms with Crippen molar-refractivity contribution in [1.29, 1.82) is 0 Å². The standard InChI is InChI=1S/C34H46O8/c1-16(2)23-25(37)21(17(3)35)27(39)34(42)28(40)24-26(38)22-18(12-11-13-20(22)36)19(14-15-31(7,8)30(4,5)6)32(24,9)29(41)33(23,34)10/h11-13,16,19,23,29,36-37,40-42H,14-15H2,1-10H3/t19-,23?,29-,32+,33+,34+/m1/s1. The number of Topliss-reactive ketones (excluding diaryl/α,β-unsaturated/α-hetero) is 3. The van der Waals surface area contributed by atoms with E-state index in [1.54, 1.807) is 32.9 Å². The van der Waals surface area contributed by atoms with Crippen LogP contribution in [0.15, 0.2) is 40.9 Å². The summed E-state index contributed by atoms with van der Waals surface area (Å²) in [6, 6.07) is 4.72. The van der Waals surface area contributed by atoms with Crippen LogP contribution in [0.25, 0.3) is 0 Å². The normalized spacial score (nSPS) is 33.5. The van der Waals surface area contributed by atoms with Crippen molar-refractivity contribution in [2.45, 2.75) is 99.7 Å². The van der Waals surface area contributed by atoms with E-state index < -0.39 is 74.7 Å². The van der Waals surface area contributed by atoms with Crippen LogP contribution in [-0.4, -0.2) is 54.6 Å². The molecule has 1 unspecified atom stereocenters. The number of aromatic hydroxyl groups is 1. The van der Waals surface area contributed by atoms with E-state index in [0.29, 0.717) is 18.4 Å². The van der Waals surface area contributed by atoms with Gasteiger partial charge >= 0.3 is 0 Å². The summed E-state index contributed by atoms with van der Waals surface area (Å²) in [4.78, 5) is 40.8. The van der Waals surface area contributed by atoms with Gasteiger partial charge in [0.05, 0.1) is 17.2 Å². The second kappa shape index (κ2) is 9.52. The number of hydrogen-bond donors (Lipinski definition) is 5. The second-order valence-corrected chi connectivity index (χ2v) is 15.1. The van der Waals surface area contributed by atoms with Crippen LogP contribution in [0, 0.1) is 33.5 Å². The molecule has 8 nitrogen and oxygen atoms in total. The minimum Gasteiger partial charge on any atom is -0.511 e. The molecule has 6 atom stereocenters. The molecule has 0 aromatic heterocycles. The van der Waals surface area contributed by atoms with E-state index in [0.717, 1.165) is 6.92 Å². The third kappa shape index (κ3) is 3.76. The summed E-state index contributed by atoms with van der Waals surface area (Å²) in [7, 11) is 0. The molecule has 0 saturated heterocycles. The largest absolute Gasteiger partial charge is 0.511 e. The summed E-state index contributed by atoms with van der Waals surface area (Å²) < 4.78 is 0. The average molecular weight is 583 g/mol. The molecule has 0 spiro atoms. The topological polar surface area (TPSA) is 152 Å². The van der Waals surface area contributed by atoms with Gasteiger partial charge in [-0.2, -0.15) is 0 Å². The first-order valence-electron chi connectivity index (χ1n) is 14.7. The molecule has 0 heterocycles. The maximum absolute atomic E-state index is 14.2. The van der Waals surface area contributed by atoms with Crippen LogP contribution in [-0.2, 0) is 9.59 Å². The smallest absolute Gasteiger partial charge is 0.209 e. The summed E-state index contributed by atoms with van der Waals surface area (Å²) in [5.74, 6) is -6.92. The van der Waals surface area contributed by atoms with Crippen molar-refractivity contribution < 1.29 is 39.9 Å². The SMILES string of the molecule is CC(=O)C1=C(O)C(C(C)C)[C@@]2(C)[C@H](O)[C@]3(C)C(=C(O)[C@@]2(O)C1=O)C(=O)c1c(O)cccc1[C@H]3CCC(C)(C)C(C)(C)C. The first-order chi connectivity index (χ1) is 19.0. The molecule has 3 aliphatic rings. The zero-order valence-electron chi connectivity index (χ0n) is 26.4. The van der Waals surface area contributed by atoms with Crippen LogP contribution in [0.2, 0.25) is 0 Å². The lowest BCUT2D eigenvalue weighted by Gasteiger charge is -2.63. The fourth-order valence-corrected chi connectivity index (χ4v) is 8.08. The number of carbonyl (C=O) groups excluding carboxylic acids is 3. The van der Waals surface area contributed by atoms with E-state index >= 15 is 0 Å². The summed E-state index contributed by atoms with van der Waals surface area (Å²) in [5, 5.41) is 59.2. The molecule has 8 heteroatoms. The number of benzene rings is 1. The van der Waals surface area contributed by atoms with Crippen LogP contribution in [0.3, 0.4) is 0 Å². The molecule has 1 aromatic rings. The van der Waals surface area contributed by atoms with Gasteiger partial charge in [0.25, 0.3) is 0 Å². The van der Waals surface area contributed by atoms with Crippen molar-refractivity contribution in [2.24, 2.45) is 33.5 Å². The highest BCUT2D eigenvalue weighted by Gasteiger charge is 2.76. The van der Waals surface area contributed by atoms with Crippen LogP contribution in [0.1, 0.15) is 104 Å². The average Bonchev–Trinajstić information content (AvgIpc) is 2.84. The lowest BCUT2D eigenvalue weighted by molar-refractivity contribution is -0.212. The molecule has 0 radical (unpaired) electrons. The number of aliphatic hydroxyl groups is 4. The molecule has 4 rings (SSSR count). The third-order valence-electron chi connectivity index (χ3n) is 11.5. The number of phenolic OH excluding ortho intramolecular Hbond substituents is 1. The maximum Gasteiger partial charge on any atom is 0.209 e. The van der Waals surface area contributed by atoms with Gasteiger partial charge in [0.15, 0.2) is 17.2 Å². The van der Waals surface area contributed by atoms with Gasteiger partial charge in [-0.3, -0.25) is 14.4 Å². The van der Waals surface area contributed by atoms with Gasteiger partial charge in [0.2, 0.25) is 5.78 Å². The maximum atomic E-state index is 14.2. The molecule has 230 valence electrons. The minimum absolute atomic E-state index is 0.0525. The summed E-state index contributed by atoms with van der Waals surface area (Å²) in [6.45, 7) is 18.3. The van der Waals surface area contributed by atoms with Gasteiger partial charge in [-0.15, -0.1) is 0 Å². The van der Waals surface area contributed by atoms with E-state index in [4.69, 9.17) is 0 Å². The van der Waals surface area contributed by atoms with E-state index in [1.165, 1.54) is 13.0 Å². The Hall–Kier alpha value is -2.97. The highest BCUT2D eigenvalue weighted by molar-refractivity contribution is 6.25.